The Morgan fingerprint density at radius 2 is 1.86 bits per heavy atom. The highest BCUT2D eigenvalue weighted by Gasteiger charge is 2.29. The van der Waals surface area contributed by atoms with Crippen LogP contribution in [-0.4, -0.2) is 47.7 Å². The summed E-state index contributed by atoms with van der Waals surface area (Å²) in [5.41, 5.74) is 0.402. The van der Waals surface area contributed by atoms with Gasteiger partial charge in [-0.3, -0.25) is 9.59 Å². The number of piperidine rings is 1. The van der Waals surface area contributed by atoms with E-state index in [2.05, 4.69) is 15.4 Å². The minimum absolute atomic E-state index is 0.138. The number of aromatic nitrogens is 5. The highest BCUT2D eigenvalue weighted by atomic mass is 19.1. The minimum atomic E-state index is -0.427. The number of likely N-dealkylation sites (tertiary alicyclic amines) is 1. The first-order valence-electron chi connectivity index (χ1n) is 9.34. The number of hydrogen-bond donors (Lipinski definition) is 0. The van der Waals surface area contributed by atoms with Gasteiger partial charge in [-0.05, 0) is 57.4 Å². The third-order valence-electron chi connectivity index (χ3n) is 5.29. The van der Waals surface area contributed by atoms with Crippen molar-refractivity contribution < 1.29 is 9.18 Å². The van der Waals surface area contributed by atoms with Gasteiger partial charge in [-0.15, -0.1) is 5.10 Å². The van der Waals surface area contributed by atoms with Gasteiger partial charge in [0.05, 0.1) is 11.9 Å². The summed E-state index contributed by atoms with van der Waals surface area (Å²) in [6.45, 7) is 3.90. The van der Waals surface area contributed by atoms with Crippen LogP contribution >= 0.6 is 0 Å². The Hall–Kier alpha value is -3.10. The molecule has 3 heterocycles. The van der Waals surface area contributed by atoms with Crippen molar-refractivity contribution in [3.8, 4) is 5.69 Å². The lowest BCUT2D eigenvalue weighted by atomic mass is 9.97. The molecule has 2 aromatic heterocycles. The summed E-state index contributed by atoms with van der Waals surface area (Å²) in [6.07, 6.45) is 4.41. The van der Waals surface area contributed by atoms with Crippen molar-refractivity contribution in [2.75, 3.05) is 0 Å². The fourth-order valence-electron chi connectivity index (χ4n) is 3.86. The standard InChI is InChI=1S/C19H21FN6O2/c1-12-4-3-5-13(2)25(12)17(27)11-24-19(28)16-10-21-26(18(16)22-23-24)15-8-6-14(20)7-9-15/h6-10,12-13H,3-5,11H2,1-2H3/t12-,13-/m0/s1. The number of carbonyl (C=O) groups excluding carboxylic acids is 1. The summed E-state index contributed by atoms with van der Waals surface area (Å²) in [5, 5.41) is 12.5. The molecular weight excluding hydrogens is 363 g/mol. The fourth-order valence-corrected chi connectivity index (χ4v) is 3.86. The van der Waals surface area contributed by atoms with E-state index in [-0.39, 0.29) is 41.4 Å². The summed E-state index contributed by atoms with van der Waals surface area (Å²) < 4.78 is 15.6. The molecule has 28 heavy (non-hydrogen) atoms. The topological polar surface area (TPSA) is 85.9 Å². The smallest absolute Gasteiger partial charge is 0.281 e. The highest BCUT2D eigenvalue weighted by Crippen LogP contribution is 2.22. The average Bonchev–Trinajstić information content (AvgIpc) is 3.09. The van der Waals surface area contributed by atoms with Gasteiger partial charge in [-0.1, -0.05) is 5.21 Å². The maximum absolute atomic E-state index is 13.1. The van der Waals surface area contributed by atoms with Gasteiger partial charge >= 0.3 is 0 Å². The molecule has 9 heteroatoms. The molecule has 1 saturated heterocycles. The fraction of sp³-hybridized carbons (Fsp3) is 0.421. The molecule has 1 aromatic carbocycles. The number of benzene rings is 1. The second-order valence-corrected chi connectivity index (χ2v) is 7.25. The number of halogens is 1. The van der Waals surface area contributed by atoms with Crippen LogP contribution in [0, 0.1) is 5.82 Å². The first-order chi connectivity index (χ1) is 13.5. The number of fused-ring (bicyclic) bond motifs is 1. The summed E-state index contributed by atoms with van der Waals surface area (Å²) in [7, 11) is 0. The Kier molecular flexibility index (Phi) is 4.66. The lowest BCUT2D eigenvalue weighted by Crippen LogP contribution is -2.49. The van der Waals surface area contributed by atoms with Gasteiger partial charge in [0.1, 0.15) is 17.7 Å². The molecule has 0 bridgehead atoms. The van der Waals surface area contributed by atoms with Gasteiger partial charge in [0.15, 0.2) is 5.65 Å². The highest BCUT2D eigenvalue weighted by molar-refractivity contribution is 5.78. The Morgan fingerprint density at radius 1 is 1.18 bits per heavy atom. The van der Waals surface area contributed by atoms with Crippen molar-refractivity contribution in [1.82, 2.24) is 29.7 Å². The monoisotopic (exact) mass is 384 g/mol. The molecule has 1 amide bonds. The molecular formula is C19H21FN6O2. The maximum Gasteiger partial charge on any atom is 0.281 e. The number of nitrogens with zero attached hydrogens (tertiary/aromatic N) is 6. The average molecular weight is 384 g/mol. The van der Waals surface area contributed by atoms with Gasteiger partial charge in [-0.25, -0.2) is 13.8 Å². The number of hydrogen-bond acceptors (Lipinski definition) is 5. The lowest BCUT2D eigenvalue weighted by Gasteiger charge is -2.39. The first-order valence-corrected chi connectivity index (χ1v) is 9.34. The molecule has 3 aromatic rings. The molecule has 8 nitrogen and oxygen atoms in total. The predicted molar refractivity (Wildman–Crippen MR) is 100 cm³/mol. The quantitative estimate of drug-likeness (QED) is 0.689. The third kappa shape index (κ3) is 3.17. The molecule has 0 unspecified atom stereocenters. The summed E-state index contributed by atoms with van der Waals surface area (Å²) >= 11 is 0. The number of rotatable bonds is 3. The minimum Gasteiger partial charge on any atom is -0.336 e. The molecule has 1 aliphatic rings. The van der Waals surface area contributed by atoms with E-state index in [1.54, 1.807) is 0 Å². The zero-order valence-corrected chi connectivity index (χ0v) is 15.7. The molecule has 1 fully saturated rings. The van der Waals surface area contributed by atoms with Crippen molar-refractivity contribution >= 4 is 16.9 Å². The van der Waals surface area contributed by atoms with Gasteiger partial charge < -0.3 is 4.90 Å². The molecule has 0 N–H and O–H groups in total. The van der Waals surface area contributed by atoms with Gasteiger partial charge in [0.2, 0.25) is 5.91 Å². The molecule has 0 saturated carbocycles. The molecule has 0 radical (unpaired) electrons. The van der Waals surface area contributed by atoms with Crippen LogP contribution in [-0.2, 0) is 11.3 Å². The van der Waals surface area contributed by atoms with Gasteiger partial charge in [0, 0.05) is 12.1 Å². The van der Waals surface area contributed by atoms with E-state index in [1.807, 2.05) is 18.7 Å². The molecule has 0 aliphatic carbocycles. The van der Waals surface area contributed by atoms with E-state index in [0.29, 0.717) is 5.69 Å². The Labute approximate surface area is 160 Å². The zero-order valence-electron chi connectivity index (χ0n) is 15.7. The van der Waals surface area contributed by atoms with E-state index in [0.717, 1.165) is 23.9 Å². The van der Waals surface area contributed by atoms with Crippen LogP contribution in [0.5, 0.6) is 0 Å². The van der Waals surface area contributed by atoms with Crippen molar-refractivity contribution in [2.24, 2.45) is 0 Å². The van der Waals surface area contributed by atoms with E-state index in [1.165, 1.54) is 35.1 Å². The zero-order chi connectivity index (χ0) is 19.8. The predicted octanol–water partition coefficient (Wildman–Crippen LogP) is 1.91. The van der Waals surface area contributed by atoms with Crippen LogP contribution in [0.25, 0.3) is 16.7 Å². The van der Waals surface area contributed by atoms with E-state index < -0.39 is 5.56 Å². The van der Waals surface area contributed by atoms with Gasteiger partial charge in [-0.2, -0.15) is 5.10 Å². The van der Waals surface area contributed by atoms with E-state index in [4.69, 9.17) is 0 Å². The normalized spacial score (nSPS) is 19.9. The van der Waals surface area contributed by atoms with Crippen LogP contribution in [0.1, 0.15) is 33.1 Å². The second kappa shape index (κ2) is 7.14. The largest absolute Gasteiger partial charge is 0.336 e. The van der Waals surface area contributed by atoms with Crippen LogP contribution in [0.4, 0.5) is 4.39 Å². The number of amides is 1. The molecule has 2 atom stereocenters. The van der Waals surface area contributed by atoms with Crippen molar-refractivity contribution in [3.05, 3.63) is 46.6 Å². The second-order valence-electron chi connectivity index (χ2n) is 7.25. The Balaban J connectivity index is 1.65. The van der Waals surface area contributed by atoms with Crippen LogP contribution in [0.15, 0.2) is 35.3 Å². The molecule has 4 rings (SSSR count). The third-order valence-corrected chi connectivity index (χ3v) is 5.29. The Bertz CT molecular complexity index is 1060. The molecule has 0 spiro atoms. The number of carbonyl (C=O) groups is 1. The molecule has 146 valence electrons. The summed E-state index contributed by atoms with van der Waals surface area (Å²) in [5.74, 6) is -0.505. The van der Waals surface area contributed by atoms with Crippen LogP contribution in [0.2, 0.25) is 0 Å². The Morgan fingerprint density at radius 3 is 2.54 bits per heavy atom. The van der Waals surface area contributed by atoms with Crippen molar-refractivity contribution in [1.29, 1.82) is 0 Å². The first kappa shape index (κ1) is 18.3. The van der Waals surface area contributed by atoms with Crippen molar-refractivity contribution in [3.63, 3.8) is 0 Å². The van der Waals surface area contributed by atoms with Crippen molar-refractivity contribution in [2.45, 2.75) is 51.7 Å². The van der Waals surface area contributed by atoms with Crippen LogP contribution in [0.3, 0.4) is 0 Å². The van der Waals surface area contributed by atoms with Crippen LogP contribution < -0.4 is 5.56 Å². The summed E-state index contributed by atoms with van der Waals surface area (Å²) in [4.78, 5) is 27.4. The van der Waals surface area contributed by atoms with E-state index in [9.17, 15) is 14.0 Å². The molecule has 1 aliphatic heterocycles. The summed E-state index contributed by atoms with van der Waals surface area (Å²) in [6, 6.07) is 5.97. The SMILES string of the molecule is C[C@H]1CCC[C@H](C)N1C(=O)Cn1nnc2c(cnn2-c2ccc(F)cc2)c1=O. The van der Waals surface area contributed by atoms with Gasteiger partial charge in [0.25, 0.3) is 5.56 Å². The lowest BCUT2D eigenvalue weighted by molar-refractivity contribution is -0.138. The maximum atomic E-state index is 13.1. The van der Waals surface area contributed by atoms with E-state index >= 15 is 0 Å².